The lowest BCUT2D eigenvalue weighted by atomic mass is 10.1. The molecule has 0 fully saturated rings. The summed E-state index contributed by atoms with van der Waals surface area (Å²) in [6.45, 7) is 2.91. The molecule has 1 atom stereocenters. The second-order valence-electron chi connectivity index (χ2n) is 5.24. The summed E-state index contributed by atoms with van der Waals surface area (Å²) in [6, 6.07) is 9.26. The minimum Gasteiger partial charge on any atom is -0.439 e. The number of aromatic nitrogens is 1. The van der Waals surface area contributed by atoms with Crippen molar-refractivity contribution < 1.29 is 13.9 Å². The van der Waals surface area contributed by atoms with Gasteiger partial charge in [-0.05, 0) is 36.9 Å². The monoisotopic (exact) mass is 317 g/mol. The van der Waals surface area contributed by atoms with E-state index in [9.17, 15) is 9.18 Å². The zero-order chi connectivity index (χ0) is 16.7. The summed E-state index contributed by atoms with van der Waals surface area (Å²) in [4.78, 5) is 16.0. The molecule has 6 heteroatoms. The highest BCUT2D eigenvalue weighted by Crippen LogP contribution is 2.19. The van der Waals surface area contributed by atoms with Gasteiger partial charge in [-0.25, -0.2) is 9.37 Å². The zero-order valence-corrected chi connectivity index (χ0v) is 13.2. The number of halogens is 1. The minimum absolute atomic E-state index is 0.00834. The number of ether oxygens (including phenoxy) is 1. The summed E-state index contributed by atoms with van der Waals surface area (Å²) in [5, 5.41) is 5.82. The Kier molecular flexibility index (Phi) is 6.05. The second-order valence-corrected chi connectivity index (χ2v) is 5.24. The number of hydrogen-bond acceptors (Lipinski definition) is 4. The lowest BCUT2D eigenvalue weighted by Gasteiger charge is -2.11. The summed E-state index contributed by atoms with van der Waals surface area (Å²) in [7, 11) is 1.81. The van der Waals surface area contributed by atoms with Crippen molar-refractivity contribution in [3.8, 4) is 11.6 Å². The van der Waals surface area contributed by atoms with Crippen molar-refractivity contribution in [1.82, 2.24) is 15.6 Å². The van der Waals surface area contributed by atoms with Crippen LogP contribution in [-0.2, 0) is 11.3 Å². The van der Waals surface area contributed by atoms with Crippen LogP contribution in [0.3, 0.4) is 0 Å². The molecule has 1 aromatic carbocycles. The van der Waals surface area contributed by atoms with Gasteiger partial charge in [0.1, 0.15) is 11.6 Å². The molecule has 23 heavy (non-hydrogen) atoms. The van der Waals surface area contributed by atoms with Crippen LogP contribution in [0.25, 0.3) is 0 Å². The Morgan fingerprint density at radius 1 is 1.26 bits per heavy atom. The maximum absolute atomic E-state index is 12.8. The molecule has 0 bridgehead atoms. The van der Waals surface area contributed by atoms with Gasteiger partial charge in [0.15, 0.2) is 0 Å². The average Bonchev–Trinajstić information content (AvgIpc) is 2.56. The first-order chi connectivity index (χ1) is 11.1. The maximum Gasteiger partial charge on any atom is 0.224 e. The third-order valence-electron chi connectivity index (χ3n) is 3.26. The summed E-state index contributed by atoms with van der Waals surface area (Å²) < 4.78 is 18.3. The Bertz CT molecular complexity index is 629. The van der Waals surface area contributed by atoms with Crippen LogP contribution in [0, 0.1) is 11.7 Å². The fraction of sp³-hybridized carbons (Fsp3) is 0.294. The van der Waals surface area contributed by atoms with Gasteiger partial charge < -0.3 is 15.4 Å². The first-order valence-corrected chi connectivity index (χ1v) is 7.39. The molecular formula is C17H20FN3O2. The van der Waals surface area contributed by atoms with Crippen LogP contribution in [0.2, 0.25) is 0 Å². The molecule has 0 aliphatic heterocycles. The fourth-order valence-electron chi connectivity index (χ4n) is 1.96. The van der Waals surface area contributed by atoms with Crippen LogP contribution in [0.4, 0.5) is 4.39 Å². The molecule has 122 valence electrons. The lowest BCUT2D eigenvalue weighted by molar-refractivity contribution is -0.124. The number of rotatable bonds is 7. The summed E-state index contributed by atoms with van der Waals surface area (Å²) in [5.74, 6) is 0.514. The van der Waals surface area contributed by atoms with E-state index in [0.29, 0.717) is 24.7 Å². The number of pyridine rings is 1. The molecule has 2 aromatic rings. The normalized spacial score (nSPS) is 11.8. The molecule has 0 saturated heterocycles. The van der Waals surface area contributed by atoms with Crippen molar-refractivity contribution in [1.29, 1.82) is 0 Å². The van der Waals surface area contributed by atoms with Gasteiger partial charge in [-0.2, -0.15) is 0 Å². The van der Waals surface area contributed by atoms with Crippen molar-refractivity contribution in [3.05, 3.63) is 54.0 Å². The third kappa shape index (κ3) is 5.34. The Balaban J connectivity index is 1.87. The summed E-state index contributed by atoms with van der Waals surface area (Å²) >= 11 is 0. The molecule has 0 radical (unpaired) electrons. The molecule has 1 aromatic heterocycles. The van der Waals surface area contributed by atoms with Gasteiger partial charge in [-0.15, -0.1) is 0 Å². The molecule has 0 aliphatic carbocycles. The number of benzene rings is 1. The van der Waals surface area contributed by atoms with Gasteiger partial charge in [-0.1, -0.05) is 13.0 Å². The summed E-state index contributed by atoms with van der Waals surface area (Å²) in [5.41, 5.74) is 0.876. The van der Waals surface area contributed by atoms with Gasteiger partial charge in [0, 0.05) is 31.3 Å². The van der Waals surface area contributed by atoms with Crippen LogP contribution >= 0.6 is 0 Å². The van der Waals surface area contributed by atoms with Crippen molar-refractivity contribution in [2.24, 2.45) is 5.92 Å². The highest BCUT2D eigenvalue weighted by atomic mass is 19.1. The van der Waals surface area contributed by atoms with Crippen LogP contribution in [-0.4, -0.2) is 24.5 Å². The van der Waals surface area contributed by atoms with E-state index in [1.807, 2.05) is 20.0 Å². The highest BCUT2D eigenvalue weighted by molar-refractivity contribution is 5.78. The van der Waals surface area contributed by atoms with E-state index in [1.54, 1.807) is 12.3 Å². The molecule has 1 heterocycles. The largest absolute Gasteiger partial charge is 0.439 e. The predicted molar refractivity (Wildman–Crippen MR) is 85.6 cm³/mol. The number of hydrogen-bond donors (Lipinski definition) is 2. The molecule has 0 aliphatic rings. The van der Waals surface area contributed by atoms with Crippen LogP contribution in [0.1, 0.15) is 12.5 Å². The first kappa shape index (κ1) is 16.9. The number of amides is 1. The van der Waals surface area contributed by atoms with E-state index in [0.717, 1.165) is 5.56 Å². The van der Waals surface area contributed by atoms with Gasteiger partial charge in [-0.3, -0.25) is 4.79 Å². The van der Waals surface area contributed by atoms with E-state index in [-0.39, 0.29) is 17.6 Å². The molecular weight excluding hydrogens is 297 g/mol. The van der Waals surface area contributed by atoms with E-state index in [1.165, 1.54) is 24.3 Å². The Morgan fingerprint density at radius 2 is 2.00 bits per heavy atom. The van der Waals surface area contributed by atoms with E-state index in [4.69, 9.17) is 4.74 Å². The molecule has 0 spiro atoms. The lowest BCUT2D eigenvalue weighted by Crippen LogP contribution is -2.33. The molecule has 2 N–H and O–H groups in total. The topological polar surface area (TPSA) is 63.2 Å². The Labute approximate surface area is 134 Å². The van der Waals surface area contributed by atoms with E-state index < -0.39 is 0 Å². The quantitative estimate of drug-likeness (QED) is 0.823. The maximum atomic E-state index is 12.8. The number of nitrogens with one attached hydrogen (secondary N) is 2. The van der Waals surface area contributed by atoms with E-state index >= 15 is 0 Å². The SMILES string of the molecule is CNCC(C)C(=O)NCc1ccc(Oc2ccc(F)cc2)nc1. The number of carbonyl (C=O) groups is 1. The smallest absolute Gasteiger partial charge is 0.224 e. The third-order valence-corrected chi connectivity index (χ3v) is 3.26. The van der Waals surface area contributed by atoms with Crippen molar-refractivity contribution in [2.45, 2.75) is 13.5 Å². The molecule has 1 amide bonds. The van der Waals surface area contributed by atoms with Gasteiger partial charge in [0.2, 0.25) is 11.8 Å². The standard InChI is InChI=1S/C17H20FN3O2/c1-12(9-19-2)17(22)21-11-13-3-8-16(20-10-13)23-15-6-4-14(18)5-7-15/h3-8,10,12,19H,9,11H2,1-2H3,(H,21,22). The number of nitrogens with zero attached hydrogens (tertiary/aromatic N) is 1. The fourth-order valence-corrected chi connectivity index (χ4v) is 1.96. The van der Waals surface area contributed by atoms with Crippen LogP contribution in [0.5, 0.6) is 11.6 Å². The number of carbonyl (C=O) groups excluding carboxylic acids is 1. The summed E-state index contributed by atoms with van der Waals surface area (Å²) in [6.07, 6.45) is 1.64. The van der Waals surface area contributed by atoms with Gasteiger partial charge in [0.25, 0.3) is 0 Å². The molecule has 5 nitrogen and oxygen atoms in total. The second kappa shape index (κ2) is 8.24. The predicted octanol–water partition coefficient (Wildman–Crippen LogP) is 2.48. The van der Waals surface area contributed by atoms with E-state index in [2.05, 4.69) is 15.6 Å². The van der Waals surface area contributed by atoms with Crippen molar-refractivity contribution in [2.75, 3.05) is 13.6 Å². The first-order valence-electron chi connectivity index (χ1n) is 7.39. The van der Waals surface area contributed by atoms with Crippen LogP contribution in [0.15, 0.2) is 42.6 Å². The zero-order valence-electron chi connectivity index (χ0n) is 13.2. The van der Waals surface area contributed by atoms with Gasteiger partial charge >= 0.3 is 0 Å². The van der Waals surface area contributed by atoms with Gasteiger partial charge in [0.05, 0.1) is 0 Å². The Hall–Kier alpha value is -2.47. The minimum atomic E-state index is -0.316. The molecule has 1 unspecified atom stereocenters. The highest BCUT2D eigenvalue weighted by Gasteiger charge is 2.11. The van der Waals surface area contributed by atoms with Crippen molar-refractivity contribution >= 4 is 5.91 Å². The van der Waals surface area contributed by atoms with Crippen molar-refractivity contribution in [3.63, 3.8) is 0 Å². The Morgan fingerprint density at radius 3 is 2.61 bits per heavy atom. The molecule has 0 saturated carbocycles. The molecule has 2 rings (SSSR count). The van der Waals surface area contributed by atoms with Crippen LogP contribution < -0.4 is 15.4 Å². The average molecular weight is 317 g/mol.